The van der Waals surface area contributed by atoms with Gasteiger partial charge in [-0.05, 0) is 31.4 Å². The molecule has 0 amide bonds. The second-order valence-electron chi connectivity index (χ2n) is 5.68. The number of carboxylic acid groups (broad SMARTS) is 1. The van der Waals surface area contributed by atoms with E-state index in [1.165, 1.54) is 12.8 Å². The first-order valence-electron chi connectivity index (χ1n) is 7.11. The van der Waals surface area contributed by atoms with Crippen molar-refractivity contribution in [3.05, 3.63) is 35.6 Å². The third kappa shape index (κ3) is 2.43. The van der Waals surface area contributed by atoms with Crippen molar-refractivity contribution < 1.29 is 14.3 Å². The largest absolute Gasteiger partial charge is 0.478 e. The van der Waals surface area contributed by atoms with Crippen molar-refractivity contribution >= 4 is 16.9 Å². The molecule has 0 saturated carbocycles. The number of rotatable bonds is 3. The monoisotopic (exact) mass is 273 g/mol. The van der Waals surface area contributed by atoms with Crippen LogP contribution in [0, 0.1) is 5.92 Å². The Balaban J connectivity index is 1.94. The third-order valence-corrected chi connectivity index (χ3v) is 3.99. The van der Waals surface area contributed by atoms with Gasteiger partial charge in [-0.25, -0.2) is 4.79 Å². The number of benzene rings is 1. The van der Waals surface area contributed by atoms with Crippen LogP contribution in [0.2, 0.25) is 0 Å². The standard InChI is InChI=1S/C16H19NO3/c1-11-5-4-8-17(9-11)10-14-15(16(18)19)12-6-2-3-7-13(12)20-14/h2-3,6-7,11H,4-5,8-10H2,1H3,(H,18,19). The number of para-hydroxylation sites is 1. The highest BCUT2D eigenvalue weighted by Gasteiger charge is 2.24. The molecule has 20 heavy (non-hydrogen) atoms. The summed E-state index contributed by atoms with van der Waals surface area (Å²) >= 11 is 0. The van der Waals surface area contributed by atoms with Crippen molar-refractivity contribution in [3.63, 3.8) is 0 Å². The van der Waals surface area contributed by atoms with Crippen LogP contribution in [-0.2, 0) is 6.54 Å². The summed E-state index contributed by atoms with van der Waals surface area (Å²) in [6, 6.07) is 7.34. The molecular formula is C16H19NO3. The molecule has 2 aromatic rings. The van der Waals surface area contributed by atoms with E-state index in [2.05, 4.69) is 11.8 Å². The molecule has 0 aliphatic carbocycles. The van der Waals surface area contributed by atoms with Crippen molar-refractivity contribution in [2.24, 2.45) is 5.92 Å². The molecule has 1 aromatic carbocycles. The Morgan fingerprint density at radius 2 is 2.25 bits per heavy atom. The van der Waals surface area contributed by atoms with Crippen LogP contribution in [0.25, 0.3) is 11.0 Å². The summed E-state index contributed by atoms with van der Waals surface area (Å²) in [4.78, 5) is 13.8. The van der Waals surface area contributed by atoms with E-state index >= 15 is 0 Å². The van der Waals surface area contributed by atoms with E-state index in [-0.39, 0.29) is 0 Å². The number of carboxylic acids is 1. The van der Waals surface area contributed by atoms with Crippen LogP contribution in [0.15, 0.2) is 28.7 Å². The Bertz CT molecular complexity index is 632. The summed E-state index contributed by atoms with van der Waals surface area (Å²) in [5.74, 6) is 0.337. The topological polar surface area (TPSA) is 53.7 Å². The molecule has 0 spiro atoms. The van der Waals surface area contributed by atoms with E-state index in [0.29, 0.717) is 34.8 Å². The van der Waals surface area contributed by atoms with Crippen molar-refractivity contribution in [1.29, 1.82) is 0 Å². The first-order valence-corrected chi connectivity index (χ1v) is 7.11. The van der Waals surface area contributed by atoms with Gasteiger partial charge in [0.1, 0.15) is 16.9 Å². The first-order chi connectivity index (χ1) is 9.65. The predicted molar refractivity (Wildman–Crippen MR) is 76.8 cm³/mol. The van der Waals surface area contributed by atoms with Gasteiger partial charge in [-0.1, -0.05) is 25.1 Å². The van der Waals surface area contributed by atoms with Crippen LogP contribution in [0.4, 0.5) is 0 Å². The maximum absolute atomic E-state index is 11.5. The van der Waals surface area contributed by atoms with Crippen molar-refractivity contribution in [2.75, 3.05) is 13.1 Å². The molecule has 1 fully saturated rings. The minimum atomic E-state index is -0.907. The van der Waals surface area contributed by atoms with Gasteiger partial charge in [0.15, 0.2) is 0 Å². The Labute approximate surface area is 118 Å². The molecule has 0 radical (unpaired) electrons. The molecule has 4 heteroatoms. The number of carbonyl (C=O) groups is 1. The molecule has 1 aliphatic heterocycles. The van der Waals surface area contributed by atoms with Crippen LogP contribution in [0.1, 0.15) is 35.9 Å². The minimum absolute atomic E-state index is 0.318. The van der Waals surface area contributed by atoms with E-state index in [0.717, 1.165) is 13.1 Å². The van der Waals surface area contributed by atoms with Crippen molar-refractivity contribution in [1.82, 2.24) is 4.90 Å². The van der Waals surface area contributed by atoms with Crippen LogP contribution in [0.5, 0.6) is 0 Å². The average molecular weight is 273 g/mol. The lowest BCUT2D eigenvalue weighted by Gasteiger charge is -2.30. The number of aromatic carboxylic acids is 1. The van der Waals surface area contributed by atoms with Gasteiger partial charge < -0.3 is 9.52 Å². The molecule has 1 unspecified atom stereocenters. The summed E-state index contributed by atoms with van der Waals surface area (Å²) in [5, 5.41) is 10.2. The minimum Gasteiger partial charge on any atom is -0.478 e. The van der Waals surface area contributed by atoms with E-state index < -0.39 is 5.97 Å². The molecule has 1 aromatic heterocycles. The fraction of sp³-hybridized carbons (Fsp3) is 0.438. The number of furan rings is 1. The lowest BCUT2D eigenvalue weighted by atomic mass is 10.00. The molecule has 1 N–H and O–H groups in total. The molecule has 1 aliphatic rings. The predicted octanol–water partition coefficient (Wildman–Crippen LogP) is 3.36. The first kappa shape index (κ1) is 13.2. The summed E-state index contributed by atoms with van der Waals surface area (Å²) < 4.78 is 5.78. The smallest absolute Gasteiger partial charge is 0.339 e. The highest BCUT2D eigenvalue weighted by atomic mass is 16.4. The zero-order valence-electron chi connectivity index (χ0n) is 11.6. The van der Waals surface area contributed by atoms with Crippen LogP contribution in [0.3, 0.4) is 0 Å². The Morgan fingerprint density at radius 3 is 3.00 bits per heavy atom. The summed E-state index contributed by atoms with van der Waals surface area (Å²) in [5.41, 5.74) is 0.976. The lowest BCUT2D eigenvalue weighted by molar-refractivity contribution is 0.0693. The molecule has 0 bridgehead atoms. The van der Waals surface area contributed by atoms with E-state index in [1.54, 1.807) is 0 Å². The molecule has 1 atom stereocenters. The number of likely N-dealkylation sites (tertiary alicyclic amines) is 1. The summed E-state index contributed by atoms with van der Waals surface area (Å²) in [6.07, 6.45) is 2.42. The van der Waals surface area contributed by atoms with Crippen LogP contribution >= 0.6 is 0 Å². The maximum Gasteiger partial charge on any atom is 0.339 e. The van der Waals surface area contributed by atoms with Crippen LogP contribution < -0.4 is 0 Å². The fourth-order valence-corrected chi connectivity index (χ4v) is 3.08. The number of fused-ring (bicyclic) bond motifs is 1. The second kappa shape index (κ2) is 5.29. The number of hydrogen-bond donors (Lipinski definition) is 1. The second-order valence-corrected chi connectivity index (χ2v) is 5.68. The molecule has 4 nitrogen and oxygen atoms in total. The third-order valence-electron chi connectivity index (χ3n) is 3.99. The van der Waals surface area contributed by atoms with E-state index in [9.17, 15) is 9.90 Å². The van der Waals surface area contributed by atoms with Gasteiger partial charge in [0.05, 0.1) is 6.54 Å². The summed E-state index contributed by atoms with van der Waals surface area (Å²) in [7, 11) is 0. The quantitative estimate of drug-likeness (QED) is 0.931. The SMILES string of the molecule is CC1CCCN(Cc2oc3ccccc3c2C(=O)O)C1. The van der Waals surface area contributed by atoms with Gasteiger partial charge in [-0.3, -0.25) is 4.90 Å². The number of hydrogen-bond acceptors (Lipinski definition) is 3. The Morgan fingerprint density at radius 1 is 1.45 bits per heavy atom. The molecule has 2 heterocycles. The zero-order chi connectivity index (χ0) is 14.1. The molecule has 1 saturated heterocycles. The maximum atomic E-state index is 11.5. The van der Waals surface area contributed by atoms with Gasteiger partial charge in [-0.15, -0.1) is 0 Å². The Kier molecular flexibility index (Phi) is 3.49. The van der Waals surface area contributed by atoms with E-state index in [1.807, 2.05) is 24.3 Å². The van der Waals surface area contributed by atoms with Gasteiger partial charge in [0.25, 0.3) is 0 Å². The van der Waals surface area contributed by atoms with Gasteiger partial charge in [0, 0.05) is 11.9 Å². The number of nitrogens with zero attached hydrogens (tertiary/aromatic N) is 1. The number of piperidine rings is 1. The van der Waals surface area contributed by atoms with Crippen molar-refractivity contribution in [2.45, 2.75) is 26.3 Å². The lowest BCUT2D eigenvalue weighted by Crippen LogP contribution is -2.33. The molecule has 3 rings (SSSR count). The van der Waals surface area contributed by atoms with Gasteiger partial charge >= 0.3 is 5.97 Å². The summed E-state index contributed by atoms with van der Waals surface area (Å²) in [6.45, 7) is 4.85. The highest BCUT2D eigenvalue weighted by molar-refractivity contribution is 6.03. The Hall–Kier alpha value is -1.81. The molecular weight excluding hydrogens is 254 g/mol. The van der Waals surface area contributed by atoms with E-state index in [4.69, 9.17) is 4.42 Å². The zero-order valence-corrected chi connectivity index (χ0v) is 11.6. The van der Waals surface area contributed by atoms with Gasteiger partial charge in [0.2, 0.25) is 0 Å². The average Bonchev–Trinajstić information content (AvgIpc) is 2.76. The fourth-order valence-electron chi connectivity index (χ4n) is 3.08. The normalized spacial score (nSPS) is 20.4. The highest BCUT2D eigenvalue weighted by Crippen LogP contribution is 2.28. The molecule has 106 valence electrons. The van der Waals surface area contributed by atoms with Gasteiger partial charge in [-0.2, -0.15) is 0 Å². The van der Waals surface area contributed by atoms with Crippen LogP contribution in [-0.4, -0.2) is 29.1 Å². The van der Waals surface area contributed by atoms with Crippen molar-refractivity contribution in [3.8, 4) is 0 Å².